The quantitative estimate of drug-likeness (QED) is 0.803. The Morgan fingerprint density at radius 3 is 2.00 bits per heavy atom. The van der Waals surface area contributed by atoms with Crippen LogP contribution in [0.4, 0.5) is 0 Å². The van der Waals surface area contributed by atoms with Crippen LogP contribution in [0.2, 0.25) is 0 Å². The Morgan fingerprint density at radius 1 is 1.10 bits per heavy atom. The Balaban J connectivity index is 2.09. The Morgan fingerprint density at radius 2 is 1.62 bits per heavy atom. The van der Waals surface area contributed by atoms with E-state index < -0.39 is 0 Å². The summed E-state index contributed by atoms with van der Waals surface area (Å²) in [5.74, 6) is 1.31. The molecule has 2 fully saturated rings. The number of hydrogen-bond acceptors (Lipinski definition) is 2. The molecule has 2 heteroatoms. The zero-order chi connectivity index (χ0) is 16.1. The lowest BCUT2D eigenvalue weighted by Gasteiger charge is -2.48. The Bertz CT molecular complexity index is 375. The van der Waals surface area contributed by atoms with E-state index in [4.69, 9.17) is 10.5 Å². The Labute approximate surface area is 132 Å². The fraction of sp³-hybridized carbons (Fsp3) is 1.00. The molecule has 0 amide bonds. The molecule has 1 aliphatic heterocycles. The van der Waals surface area contributed by atoms with Gasteiger partial charge in [-0.3, -0.25) is 0 Å². The van der Waals surface area contributed by atoms with Crippen molar-refractivity contribution >= 4 is 0 Å². The van der Waals surface area contributed by atoms with Crippen molar-refractivity contribution in [1.82, 2.24) is 0 Å². The summed E-state index contributed by atoms with van der Waals surface area (Å²) in [6, 6.07) is 0. The van der Waals surface area contributed by atoms with Gasteiger partial charge in [-0.25, -0.2) is 0 Å². The average molecular weight is 296 g/mol. The maximum atomic E-state index is 6.93. The third-order valence-corrected chi connectivity index (χ3v) is 6.70. The van der Waals surface area contributed by atoms with Gasteiger partial charge in [0, 0.05) is 11.5 Å². The van der Waals surface area contributed by atoms with Gasteiger partial charge in [0.2, 0.25) is 0 Å². The first-order valence-electron chi connectivity index (χ1n) is 8.91. The maximum Gasteiger partial charge on any atom is 0.0680 e. The molecule has 0 spiro atoms. The summed E-state index contributed by atoms with van der Waals surface area (Å²) in [7, 11) is 0. The van der Waals surface area contributed by atoms with Gasteiger partial charge in [0.1, 0.15) is 0 Å². The standard InChI is InChI=1S/C19H37NO/c1-8-16(2,3)14-9-11-19(20,12-10-14)15-13-17(4,5)21-18(15,6)7/h14-15H,8-13,20H2,1-7H3. The van der Waals surface area contributed by atoms with Crippen molar-refractivity contribution < 1.29 is 4.74 Å². The first kappa shape index (κ1) is 17.3. The highest BCUT2D eigenvalue weighted by Gasteiger charge is 2.55. The first-order valence-corrected chi connectivity index (χ1v) is 8.91. The summed E-state index contributed by atoms with van der Waals surface area (Å²) >= 11 is 0. The minimum absolute atomic E-state index is 0.0277. The lowest BCUT2D eigenvalue weighted by atomic mass is 9.60. The van der Waals surface area contributed by atoms with Crippen LogP contribution in [0, 0.1) is 17.3 Å². The van der Waals surface area contributed by atoms with E-state index in [1.165, 1.54) is 19.3 Å². The molecule has 124 valence electrons. The lowest BCUT2D eigenvalue weighted by Crippen LogP contribution is -2.55. The third-order valence-electron chi connectivity index (χ3n) is 6.70. The molecule has 21 heavy (non-hydrogen) atoms. The molecule has 1 unspecified atom stereocenters. The monoisotopic (exact) mass is 295 g/mol. The van der Waals surface area contributed by atoms with Crippen LogP contribution < -0.4 is 5.73 Å². The van der Waals surface area contributed by atoms with Crippen LogP contribution in [0.3, 0.4) is 0 Å². The molecule has 1 atom stereocenters. The minimum atomic E-state index is -0.0919. The molecule has 1 heterocycles. The minimum Gasteiger partial charge on any atom is -0.369 e. The maximum absolute atomic E-state index is 6.93. The third kappa shape index (κ3) is 3.32. The van der Waals surface area contributed by atoms with E-state index in [2.05, 4.69) is 48.5 Å². The SMILES string of the molecule is CCC(C)(C)C1CCC(N)(C2CC(C)(C)OC2(C)C)CC1. The molecule has 0 aromatic carbocycles. The van der Waals surface area contributed by atoms with Crippen LogP contribution >= 0.6 is 0 Å². The van der Waals surface area contributed by atoms with E-state index in [0.717, 1.165) is 25.2 Å². The fourth-order valence-corrected chi connectivity index (χ4v) is 5.03. The van der Waals surface area contributed by atoms with Gasteiger partial charge < -0.3 is 10.5 Å². The Hall–Kier alpha value is -0.0800. The molecule has 2 nitrogen and oxygen atoms in total. The summed E-state index contributed by atoms with van der Waals surface area (Å²) in [6.45, 7) is 16.1. The van der Waals surface area contributed by atoms with Crippen LogP contribution in [0.1, 0.15) is 87.0 Å². The van der Waals surface area contributed by atoms with E-state index in [1.54, 1.807) is 0 Å². The van der Waals surface area contributed by atoms with Crippen molar-refractivity contribution in [1.29, 1.82) is 0 Å². The summed E-state index contributed by atoms with van der Waals surface area (Å²) in [5, 5.41) is 0. The van der Waals surface area contributed by atoms with Crippen LogP contribution in [-0.2, 0) is 4.74 Å². The molecule has 1 aliphatic carbocycles. The highest BCUT2D eigenvalue weighted by molar-refractivity contribution is 5.08. The van der Waals surface area contributed by atoms with Crippen LogP contribution in [-0.4, -0.2) is 16.7 Å². The molecule has 1 saturated heterocycles. The molecule has 0 aromatic rings. The van der Waals surface area contributed by atoms with E-state index in [-0.39, 0.29) is 16.7 Å². The summed E-state index contributed by atoms with van der Waals surface area (Å²) in [4.78, 5) is 0. The summed E-state index contributed by atoms with van der Waals surface area (Å²) < 4.78 is 6.30. The van der Waals surface area contributed by atoms with E-state index in [1.807, 2.05) is 0 Å². The van der Waals surface area contributed by atoms with Crippen molar-refractivity contribution in [2.45, 2.75) is 104 Å². The molecular weight excluding hydrogens is 258 g/mol. The van der Waals surface area contributed by atoms with Gasteiger partial charge in [-0.05, 0) is 71.1 Å². The zero-order valence-electron chi connectivity index (χ0n) is 15.4. The van der Waals surface area contributed by atoms with Gasteiger partial charge >= 0.3 is 0 Å². The molecule has 2 rings (SSSR count). The van der Waals surface area contributed by atoms with Gasteiger partial charge in [-0.1, -0.05) is 27.2 Å². The van der Waals surface area contributed by atoms with Gasteiger partial charge in [0.15, 0.2) is 0 Å². The smallest absolute Gasteiger partial charge is 0.0680 e. The van der Waals surface area contributed by atoms with Gasteiger partial charge in [-0.2, -0.15) is 0 Å². The largest absolute Gasteiger partial charge is 0.369 e. The molecule has 2 aliphatic rings. The molecule has 1 saturated carbocycles. The number of nitrogens with two attached hydrogens (primary N) is 1. The van der Waals surface area contributed by atoms with Crippen molar-refractivity contribution in [2.75, 3.05) is 0 Å². The van der Waals surface area contributed by atoms with Crippen LogP contribution in [0.25, 0.3) is 0 Å². The topological polar surface area (TPSA) is 35.2 Å². The first-order chi connectivity index (χ1) is 9.42. The zero-order valence-corrected chi connectivity index (χ0v) is 15.4. The normalized spacial score (nSPS) is 39.4. The summed E-state index contributed by atoms with van der Waals surface area (Å²) in [6.07, 6.45) is 7.25. The highest BCUT2D eigenvalue weighted by atomic mass is 16.5. The van der Waals surface area contributed by atoms with Crippen molar-refractivity contribution in [3.63, 3.8) is 0 Å². The van der Waals surface area contributed by atoms with Crippen LogP contribution in [0.5, 0.6) is 0 Å². The second kappa shape index (κ2) is 5.23. The van der Waals surface area contributed by atoms with E-state index >= 15 is 0 Å². The highest BCUT2D eigenvalue weighted by Crippen LogP contribution is 2.52. The summed E-state index contributed by atoms with van der Waals surface area (Å²) in [5.41, 5.74) is 7.24. The van der Waals surface area contributed by atoms with Crippen molar-refractivity contribution in [3.8, 4) is 0 Å². The molecule has 0 radical (unpaired) electrons. The van der Waals surface area contributed by atoms with Gasteiger partial charge in [0.05, 0.1) is 11.2 Å². The van der Waals surface area contributed by atoms with Crippen molar-refractivity contribution in [3.05, 3.63) is 0 Å². The van der Waals surface area contributed by atoms with E-state index in [9.17, 15) is 0 Å². The molecule has 0 aromatic heterocycles. The van der Waals surface area contributed by atoms with Crippen molar-refractivity contribution in [2.24, 2.45) is 23.0 Å². The predicted octanol–water partition coefficient (Wildman–Crippen LogP) is 4.90. The average Bonchev–Trinajstić information content (AvgIpc) is 2.58. The molecule has 0 bridgehead atoms. The second-order valence-corrected chi connectivity index (χ2v) is 9.57. The molecule has 2 N–H and O–H groups in total. The number of ether oxygens (including phenoxy) is 1. The fourth-order valence-electron chi connectivity index (χ4n) is 5.03. The lowest BCUT2D eigenvalue weighted by molar-refractivity contribution is -0.0856. The van der Waals surface area contributed by atoms with Gasteiger partial charge in [0.25, 0.3) is 0 Å². The van der Waals surface area contributed by atoms with E-state index in [0.29, 0.717) is 11.3 Å². The number of hydrogen-bond donors (Lipinski definition) is 1. The molecular formula is C19H37NO. The number of rotatable bonds is 3. The van der Waals surface area contributed by atoms with Gasteiger partial charge in [-0.15, -0.1) is 0 Å². The Kier molecular flexibility index (Phi) is 4.30. The predicted molar refractivity (Wildman–Crippen MR) is 90.3 cm³/mol. The van der Waals surface area contributed by atoms with Crippen LogP contribution in [0.15, 0.2) is 0 Å². The second-order valence-electron chi connectivity index (χ2n) is 9.57.